The van der Waals surface area contributed by atoms with Crippen LogP contribution in [-0.2, 0) is 11.2 Å². The fourth-order valence-electron chi connectivity index (χ4n) is 3.58. The normalized spacial score (nSPS) is 21.3. The molecule has 1 heterocycles. The third-order valence-electron chi connectivity index (χ3n) is 4.95. The van der Waals surface area contributed by atoms with Crippen molar-refractivity contribution >= 4 is 16.7 Å². The summed E-state index contributed by atoms with van der Waals surface area (Å²) in [6.45, 7) is 3.90. The van der Waals surface area contributed by atoms with Crippen LogP contribution in [-0.4, -0.2) is 37.0 Å². The van der Waals surface area contributed by atoms with Crippen LogP contribution in [0.3, 0.4) is 0 Å². The van der Waals surface area contributed by atoms with Crippen LogP contribution in [0.15, 0.2) is 42.5 Å². The van der Waals surface area contributed by atoms with Gasteiger partial charge in [-0.3, -0.25) is 4.79 Å². The van der Waals surface area contributed by atoms with E-state index >= 15 is 0 Å². The standard InChI is InChI=1S/C20H26N2O/c1-15-14-18(10-12-21-15)20(23)22(2)13-11-17-8-5-7-16-6-3-4-9-19(16)17/h3-9,15,18,21H,10-14H2,1-2H3/t15-,18-/m0/s1. The molecule has 3 nitrogen and oxygen atoms in total. The number of amides is 1. The molecule has 3 heteroatoms. The fourth-order valence-corrected chi connectivity index (χ4v) is 3.58. The van der Waals surface area contributed by atoms with Gasteiger partial charge in [-0.2, -0.15) is 0 Å². The van der Waals surface area contributed by atoms with Gasteiger partial charge in [0.05, 0.1) is 0 Å². The van der Waals surface area contributed by atoms with Crippen molar-refractivity contribution in [2.24, 2.45) is 5.92 Å². The number of hydrogen-bond donors (Lipinski definition) is 1. The number of carbonyl (C=O) groups is 1. The number of likely N-dealkylation sites (N-methyl/N-ethyl adjacent to an activating group) is 1. The number of fused-ring (bicyclic) bond motifs is 1. The largest absolute Gasteiger partial charge is 0.345 e. The second kappa shape index (κ2) is 7.14. The molecule has 0 unspecified atom stereocenters. The van der Waals surface area contributed by atoms with Crippen molar-refractivity contribution in [3.63, 3.8) is 0 Å². The van der Waals surface area contributed by atoms with Crippen LogP contribution in [0, 0.1) is 5.92 Å². The zero-order valence-corrected chi connectivity index (χ0v) is 14.1. The Kier molecular flexibility index (Phi) is 4.97. The van der Waals surface area contributed by atoms with Crippen LogP contribution in [0.4, 0.5) is 0 Å². The molecule has 0 bridgehead atoms. The molecule has 1 aliphatic heterocycles. The highest BCUT2D eigenvalue weighted by Gasteiger charge is 2.26. The minimum atomic E-state index is 0.184. The van der Waals surface area contributed by atoms with Crippen molar-refractivity contribution < 1.29 is 4.79 Å². The van der Waals surface area contributed by atoms with Crippen LogP contribution in [0.25, 0.3) is 10.8 Å². The molecule has 122 valence electrons. The number of piperidine rings is 1. The summed E-state index contributed by atoms with van der Waals surface area (Å²) in [6, 6.07) is 15.3. The predicted octanol–water partition coefficient (Wildman–Crippen LogP) is 3.23. The van der Waals surface area contributed by atoms with Crippen LogP contribution in [0.5, 0.6) is 0 Å². The van der Waals surface area contributed by atoms with E-state index < -0.39 is 0 Å². The van der Waals surface area contributed by atoms with E-state index in [-0.39, 0.29) is 5.92 Å². The Morgan fingerprint density at radius 1 is 1.22 bits per heavy atom. The summed E-state index contributed by atoms with van der Waals surface area (Å²) in [5.74, 6) is 0.488. The number of hydrogen-bond acceptors (Lipinski definition) is 2. The molecule has 0 aliphatic carbocycles. The zero-order chi connectivity index (χ0) is 16.2. The first kappa shape index (κ1) is 16.0. The second-order valence-corrected chi connectivity index (χ2v) is 6.72. The maximum atomic E-state index is 12.6. The highest BCUT2D eigenvalue weighted by molar-refractivity contribution is 5.85. The molecule has 0 spiro atoms. The van der Waals surface area contributed by atoms with Crippen molar-refractivity contribution in [1.29, 1.82) is 0 Å². The molecular weight excluding hydrogens is 284 g/mol. The first-order valence-corrected chi connectivity index (χ1v) is 8.60. The smallest absolute Gasteiger partial charge is 0.225 e. The molecule has 0 aromatic heterocycles. The van der Waals surface area contributed by atoms with Gasteiger partial charge in [0.1, 0.15) is 0 Å². The van der Waals surface area contributed by atoms with E-state index in [4.69, 9.17) is 0 Å². The third kappa shape index (κ3) is 3.73. The van der Waals surface area contributed by atoms with E-state index in [9.17, 15) is 4.79 Å². The quantitative estimate of drug-likeness (QED) is 0.940. The van der Waals surface area contributed by atoms with E-state index in [1.807, 2.05) is 11.9 Å². The van der Waals surface area contributed by atoms with Gasteiger partial charge in [0.25, 0.3) is 0 Å². The van der Waals surface area contributed by atoms with Gasteiger partial charge >= 0.3 is 0 Å². The summed E-state index contributed by atoms with van der Waals surface area (Å²) >= 11 is 0. The fraction of sp³-hybridized carbons (Fsp3) is 0.450. The lowest BCUT2D eigenvalue weighted by Crippen LogP contribution is -2.43. The van der Waals surface area contributed by atoms with Gasteiger partial charge < -0.3 is 10.2 Å². The van der Waals surface area contributed by atoms with Gasteiger partial charge in [-0.1, -0.05) is 42.5 Å². The summed E-state index contributed by atoms with van der Waals surface area (Å²) in [5.41, 5.74) is 1.32. The Bertz CT molecular complexity index is 677. The molecule has 1 saturated heterocycles. The van der Waals surface area contributed by atoms with Gasteiger partial charge in [-0.15, -0.1) is 0 Å². The molecule has 2 aromatic rings. The molecule has 3 rings (SSSR count). The Labute approximate surface area is 138 Å². The molecule has 1 fully saturated rings. The molecule has 1 amide bonds. The summed E-state index contributed by atoms with van der Waals surface area (Å²) < 4.78 is 0. The van der Waals surface area contributed by atoms with E-state index in [1.165, 1.54) is 16.3 Å². The zero-order valence-electron chi connectivity index (χ0n) is 14.1. The summed E-state index contributed by atoms with van der Waals surface area (Å²) in [4.78, 5) is 14.5. The monoisotopic (exact) mass is 310 g/mol. The Hall–Kier alpha value is -1.87. The van der Waals surface area contributed by atoms with E-state index in [1.54, 1.807) is 0 Å². The Balaban J connectivity index is 1.64. The molecule has 2 aromatic carbocycles. The maximum absolute atomic E-state index is 12.6. The molecule has 1 N–H and O–H groups in total. The Morgan fingerprint density at radius 3 is 2.83 bits per heavy atom. The molecule has 1 aliphatic rings. The average molecular weight is 310 g/mol. The van der Waals surface area contributed by atoms with Crippen LogP contribution < -0.4 is 5.32 Å². The number of nitrogens with one attached hydrogen (secondary N) is 1. The minimum Gasteiger partial charge on any atom is -0.345 e. The summed E-state index contributed by atoms with van der Waals surface area (Å²) in [5, 5.41) is 5.98. The lowest BCUT2D eigenvalue weighted by molar-refractivity contribution is -0.135. The van der Waals surface area contributed by atoms with Crippen molar-refractivity contribution in [2.75, 3.05) is 20.1 Å². The number of benzene rings is 2. The summed E-state index contributed by atoms with van der Waals surface area (Å²) in [7, 11) is 1.94. The van der Waals surface area contributed by atoms with E-state index in [0.29, 0.717) is 11.9 Å². The molecule has 0 saturated carbocycles. The number of rotatable bonds is 4. The first-order valence-electron chi connectivity index (χ1n) is 8.60. The SMILES string of the molecule is C[C@H]1C[C@@H](C(=O)N(C)CCc2cccc3ccccc23)CCN1. The van der Waals surface area contributed by atoms with Crippen molar-refractivity contribution in [3.8, 4) is 0 Å². The van der Waals surface area contributed by atoms with Crippen LogP contribution >= 0.6 is 0 Å². The second-order valence-electron chi connectivity index (χ2n) is 6.72. The van der Waals surface area contributed by atoms with E-state index in [0.717, 1.165) is 32.4 Å². The minimum absolute atomic E-state index is 0.184. The topological polar surface area (TPSA) is 32.3 Å². The number of carbonyl (C=O) groups excluding carboxylic acids is 1. The van der Waals surface area contributed by atoms with Crippen molar-refractivity contribution in [2.45, 2.75) is 32.2 Å². The van der Waals surface area contributed by atoms with Gasteiger partial charge in [0.2, 0.25) is 5.91 Å². The van der Waals surface area contributed by atoms with E-state index in [2.05, 4.69) is 54.7 Å². The summed E-state index contributed by atoms with van der Waals surface area (Å²) in [6.07, 6.45) is 2.82. The molecule has 0 radical (unpaired) electrons. The van der Waals surface area contributed by atoms with Crippen LogP contribution in [0.1, 0.15) is 25.3 Å². The van der Waals surface area contributed by atoms with Crippen molar-refractivity contribution in [1.82, 2.24) is 10.2 Å². The van der Waals surface area contributed by atoms with Gasteiger partial charge in [-0.05, 0) is 49.1 Å². The lowest BCUT2D eigenvalue weighted by atomic mass is 9.92. The lowest BCUT2D eigenvalue weighted by Gasteiger charge is -2.30. The number of nitrogens with zero attached hydrogens (tertiary/aromatic N) is 1. The highest BCUT2D eigenvalue weighted by atomic mass is 16.2. The highest BCUT2D eigenvalue weighted by Crippen LogP contribution is 2.21. The van der Waals surface area contributed by atoms with Gasteiger partial charge in [-0.25, -0.2) is 0 Å². The molecular formula is C20H26N2O. The first-order chi connectivity index (χ1) is 11.1. The van der Waals surface area contributed by atoms with Crippen LogP contribution in [0.2, 0.25) is 0 Å². The maximum Gasteiger partial charge on any atom is 0.225 e. The van der Waals surface area contributed by atoms with Gasteiger partial charge in [0, 0.05) is 25.6 Å². The average Bonchev–Trinajstić information content (AvgIpc) is 2.59. The molecule has 2 atom stereocenters. The van der Waals surface area contributed by atoms with Crippen molar-refractivity contribution in [3.05, 3.63) is 48.0 Å². The Morgan fingerprint density at radius 2 is 2.00 bits per heavy atom. The predicted molar refractivity (Wildman–Crippen MR) is 95.5 cm³/mol. The molecule has 23 heavy (non-hydrogen) atoms. The third-order valence-corrected chi connectivity index (χ3v) is 4.95. The van der Waals surface area contributed by atoms with Gasteiger partial charge in [0.15, 0.2) is 0 Å².